The lowest BCUT2D eigenvalue weighted by Gasteiger charge is -2.23. The number of thiophene rings is 1. The molecular formula is C16H20N4OS. The Hall–Kier alpha value is -1.66. The average molecular weight is 316 g/mol. The molecule has 22 heavy (non-hydrogen) atoms. The van der Waals surface area contributed by atoms with Crippen molar-refractivity contribution in [3.05, 3.63) is 34.8 Å². The van der Waals surface area contributed by atoms with Crippen LogP contribution in [0.5, 0.6) is 0 Å². The highest BCUT2D eigenvalue weighted by Gasteiger charge is 2.51. The largest absolute Gasteiger partial charge is 0.309 e. The van der Waals surface area contributed by atoms with Gasteiger partial charge in [0.25, 0.3) is 0 Å². The molecule has 2 aliphatic heterocycles. The van der Waals surface area contributed by atoms with Gasteiger partial charge in [-0.3, -0.25) is 14.4 Å². The van der Waals surface area contributed by atoms with Crippen molar-refractivity contribution in [1.29, 1.82) is 0 Å². The Morgan fingerprint density at radius 2 is 2.23 bits per heavy atom. The van der Waals surface area contributed by atoms with Crippen LogP contribution in [0.3, 0.4) is 0 Å². The number of hydrogen-bond acceptors (Lipinski definition) is 4. The van der Waals surface area contributed by atoms with E-state index in [9.17, 15) is 4.79 Å². The number of carbonyl (C=O) groups excluding carboxylic acids is 1. The zero-order chi connectivity index (χ0) is 15.2. The zero-order valence-corrected chi connectivity index (χ0v) is 13.6. The first-order valence-corrected chi connectivity index (χ1v) is 8.65. The van der Waals surface area contributed by atoms with Crippen molar-refractivity contribution in [2.45, 2.75) is 19.4 Å². The number of aryl methyl sites for hydroxylation is 1. The van der Waals surface area contributed by atoms with Gasteiger partial charge in [0.15, 0.2) is 0 Å². The number of anilines is 1. The Labute approximate surface area is 134 Å². The number of likely N-dealkylation sites (tertiary alicyclic amines) is 1. The summed E-state index contributed by atoms with van der Waals surface area (Å²) >= 11 is 1.74. The van der Waals surface area contributed by atoms with Gasteiger partial charge in [-0.25, -0.2) is 0 Å². The Morgan fingerprint density at radius 1 is 1.36 bits per heavy atom. The third kappa shape index (κ3) is 2.27. The predicted octanol–water partition coefficient (Wildman–Crippen LogP) is 2.11. The van der Waals surface area contributed by atoms with Crippen LogP contribution < -0.4 is 4.90 Å². The van der Waals surface area contributed by atoms with E-state index in [0.29, 0.717) is 0 Å². The summed E-state index contributed by atoms with van der Waals surface area (Å²) in [4.78, 5) is 17.3. The van der Waals surface area contributed by atoms with Crippen LogP contribution in [0.1, 0.15) is 18.4 Å². The van der Waals surface area contributed by atoms with Crippen LogP contribution in [0.25, 0.3) is 0 Å². The molecule has 5 nitrogen and oxygen atoms in total. The molecule has 0 aromatic carbocycles. The van der Waals surface area contributed by atoms with E-state index in [4.69, 9.17) is 0 Å². The Balaban J connectivity index is 1.48. The normalized spacial score (nSPS) is 25.7. The maximum Gasteiger partial charge on any atom is 0.234 e. The molecule has 0 N–H and O–H groups in total. The van der Waals surface area contributed by atoms with E-state index in [2.05, 4.69) is 26.8 Å². The Kier molecular flexibility index (Phi) is 3.31. The molecule has 4 heterocycles. The van der Waals surface area contributed by atoms with Gasteiger partial charge in [0.2, 0.25) is 5.91 Å². The lowest BCUT2D eigenvalue weighted by molar-refractivity contribution is -0.125. The van der Waals surface area contributed by atoms with Crippen LogP contribution in [0, 0.1) is 5.41 Å². The minimum Gasteiger partial charge on any atom is -0.309 e. The van der Waals surface area contributed by atoms with Crippen molar-refractivity contribution in [3.63, 3.8) is 0 Å². The van der Waals surface area contributed by atoms with Crippen LogP contribution >= 0.6 is 11.3 Å². The van der Waals surface area contributed by atoms with Gasteiger partial charge in [0, 0.05) is 32.9 Å². The molecule has 2 aromatic heterocycles. The zero-order valence-electron chi connectivity index (χ0n) is 12.7. The molecule has 4 rings (SSSR count). The second kappa shape index (κ2) is 5.21. The van der Waals surface area contributed by atoms with Crippen LogP contribution in [0.2, 0.25) is 0 Å². The van der Waals surface area contributed by atoms with Crippen molar-refractivity contribution in [2.24, 2.45) is 12.5 Å². The summed E-state index contributed by atoms with van der Waals surface area (Å²) in [5, 5.41) is 8.50. The van der Waals surface area contributed by atoms with Gasteiger partial charge in [0.1, 0.15) is 0 Å². The number of carbonyl (C=O) groups is 1. The van der Waals surface area contributed by atoms with Crippen LogP contribution in [-0.2, 0) is 18.4 Å². The fourth-order valence-electron chi connectivity index (χ4n) is 3.73. The quantitative estimate of drug-likeness (QED) is 0.871. The second-order valence-electron chi connectivity index (χ2n) is 6.45. The molecular weight excluding hydrogens is 296 g/mol. The standard InChI is InChI=1S/C16H20N4OS/c1-18-10-14(8-17-18)20-6-4-16(15(20)21)3-5-19(12-16)9-13-2-7-22-11-13/h2,7-8,10-11H,3-6,9,12H2,1H3/t16-/m0/s1. The maximum absolute atomic E-state index is 13.0. The van der Waals surface area contributed by atoms with Crippen molar-refractivity contribution in [2.75, 3.05) is 24.5 Å². The van der Waals surface area contributed by atoms with Gasteiger partial charge in [-0.2, -0.15) is 16.4 Å². The molecule has 0 bridgehead atoms. The van der Waals surface area contributed by atoms with E-state index in [1.807, 2.05) is 18.1 Å². The van der Waals surface area contributed by atoms with Gasteiger partial charge in [0.05, 0.1) is 17.3 Å². The van der Waals surface area contributed by atoms with Crippen molar-refractivity contribution < 1.29 is 4.79 Å². The summed E-state index contributed by atoms with van der Waals surface area (Å²) in [6, 6.07) is 2.17. The van der Waals surface area contributed by atoms with E-state index in [0.717, 1.165) is 44.7 Å². The van der Waals surface area contributed by atoms with Crippen molar-refractivity contribution in [3.8, 4) is 0 Å². The first kappa shape index (κ1) is 14.0. The summed E-state index contributed by atoms with van der Waals surface area (Å²) in [6.45, 7) is 3.68. The molecule has 6 heteroatoms. The highest BCUT2D eigenvalue weighted by molar-refractivity contribution is 7.07. The number of rotatable bonds is 3. The molecule has 0 unspecified atom stereocenters. The van der Waals surface area contributed by atoms with Crippen LogP contribution in [-0.4, -0.2) is 40.2 Å². The lowest BCUT2D eigenvalue weighted by atomic mass is 9.85. The highest BCUT2D eigenvalue weighted by Crippen LogP contribution is 2.42. The smallest absolute Gasteiger partial charge is 0.234 e. The minimum atomic E-state index is -0.175. The van der Waals surface area contributed by atoms with Gasteiger partial charge >= 0.3 is 0 Å². The van der Waals surface area contributed by atoms with Crippen molar-refractivity contribution >= 4 is 22.9 Å². The summed E-state index contributed by atoms with van der Waals surface area (Å²) in [5.41, 5.74) is 2.11. The molecule has 0 radical (unpaired) electrons. The predicted molar refractivity (Wildman–Crippen MR) is 86.8 cm³/mol. The van der Waals surface area contributed by atoms with E-state index in [-0.39, 0.29) is 11.3 Å². The number of amides is 1. The Bertz CT molecular complexity index is 680. The van der Waals surface area contributed by atoms with Crippen LogP contribution in [0.15, 0.2) is 29.2 Å². The average Bonchev–Trinajstić information content (AvgIpc) is 3.25. The highest BCUT2D eigenvalue weighted by atomic mass is 32.1. The SMILES string of the molecule is Cn1cc(N2CC[C@]3(CCN(Cc4ccsc4)C3)C2=O)cn1. The molecule has 0 aliphatic carbocycles. The molecule has 2 aliphatic rings. The first-order valence-electron chi connectivity index (χ1n) is 7.70. The maximum atomic E-state index is 13.0. The summed E-state index contributed by atoms with van der Waals surface area (Å²) in [5.74, 6) is 0.285. The molecule has 2 fully saturated rings. The molecule has 116 valence electrons. The number of aromatic nitrogens is 2. The van der Waals surface area contributed by atoms with Gasteiger partial charge in [-0.1, -0.05) is 0 Å². The lowest BCUT2D eigenvalue weighted by Crippen LogP contribution is -2.36. The fraction of sp³-hybridized carbons (Fsp3) is 0.500. The number of hydrogen-bond donors (Lipinski definition) is 0. The topological polar surface area (TPSA) is 41.4 Å². The molecule has 1 atom stereocenters. The van der Waals surface area contributed by atoms with E-state index >= 15 is 0 Å². The molecule has 2 aromatic rings. The van der Waals surface area contributed by atoms with Crippen molar-refractivity contribution in [1.82, 2.24) is 14.7 Å². The first-order chi connectivity index (χ1) is 10.7. The second-order valence-corrected chi connectivity index (χ2v) is 7.23. The Morgan fingerprint density at radius 3 is 2.95 bits per heavy atom. The van der Waals surface area contributed by atoms with Gasteiger partial charge < -0.3 is 4.90 Å². The van der Waals surface area contributed by atoms with Crippen LogP contribution in [0.4, 0.5) is 5.69 Å². The molecule has 0 saturated carbocycles. The third-order valence-electron chi connectivity index (χ3n) is 4.93. The fourth-order valence-corrected chi connectivity index (χ4v) is 4.39. The van der Waals surface area contributed by atoms with Gasteiger partial charge in [-0.15, -0.1) is 0 Å². The summed E-state index contributed by atoms with van der Waals surface area (Å²) in [6.07, 6.45) is 5.65. The van der Waals surface area contributed by atoms with E-state index in [1.165, 1.54) is 5.56 Å². The third-order valence-corrected chi connectivity index (χ3v) is 5.67. The molecule has 1 amide bonds. The monoisotopic (exact) mass is 316 g/mol. The van der Waals surface area contributed by atoms with E-state index in [1.54, 1.807) is 22.2 Å². The van der Waals surface area contributed by atoms with Gasteiger partial charge in [-0.05, 0) is 41.8 Å². The van der Waals surface area contributed by atoms with E-state index < -0.39 is 0 Å². The molecule has 2 saturated heterocycles. The minimum absolute atomic E-state index is 0.175. The molecule has 1 spiro atoms. The summed E-state index contributed by atoms with van der Waals surface area (Å²) in [7, 11) is 1.89. The number of nitrogens with zero attached hydrogens (tertiary/aromatic N) is 4. The summed E-state index contributed by atoms with van der Waals surface area (Å²) < 4.78 is 1.76.